The second-order valence-electron chi connectivity index (χ2n) is 14.0. The van der Waals surface area contributed by atoms with E-state index in [9.17, 15) is 0 Å². The minimum absolute atomic E-state index is 0.559. The SMILES string of the molecule is c1ccc2c(-c3ccc(-c4nc(-c5cc(-c6ccncc6)cc(-c6ccncc6)c5)nc(-c5cc(-c6ccncc6)cc(-c6ccncc6)c5)n4)cc3)cccc2c1. The summed E-state index contributed by atoms with van der Waals surface area (Å²) in [6.45, 7) is 0. The molecule has 0 aliphatic heterocycles. The van der Waals surface area contributed by atoms with Crippen LogP contribution >= 0.6 is 0 Å². The van der Waals surface area contributed by atoms with Crippen LogP contribution in [-0.2, 0) is 0 Å². The van der Waals surface area contributed by atoms with Gasteiger partial charge in [0.1, 0.15) is 0 Å². The van der Waals surface area contributed by atoms with E-state index < -0.39 is 0 Å². The smallest absolute Gasteiger partial charge is 0.164 e. The third-order valence-corrected chi connectivity index (χ3v) is 10.3. The maximum atomic E-state index is 5.27. The predicted molar refractivity (Wildman–Crippen MR) is 232 cm³/mol. The summed E-state index contributed by atoms with van der Waals surface area (Å²) in [7, 11) is 0. The highest BCUT2D eigenvalue weighted by molar-refractivity contribution is 5.97. The summed E-state index contributed by atoms with van der Waals surface area (Å²) in [5.74, 6) is 1.69. The molecule has 0 amide bonds. The van der Waals surface area contributed by atoms with Crippen molar-refractivity contribution in [3.8, 4) is 89.8 Å². The average molecular weight is 744 g/mol. The van der Waals surface area contributed by atoms with Gasteiger partial charge >= 0.3 is 0 Å². The molecule has 7 heteroatoms. The van der Waals surface area contributed by atoms with Crippen LogP contribution in [0.1, 0.15) is 0 Å². The second-order valence-corrected chi connectivity index (χ2v) is 14.0. The fourth-order valence-electron chi connectivity index (χ4n) is 7.40. The largest absolute Gasteiger partial charge is 0.265 e. The van der Waals surface area contributed by atoms with Crippen LogP contribution in [0.3, 0.4) is 0 Å². The van der Waals surface area contributed by atoms with Crippen molar-refractivity contribution < 1.29 is 0 Å². The number of aromatic nitrogens is 7. The molecule has 5 heterocycles. The van der Waals surface area contributed by atoms with E-state index in [1.165, 1.54) is 16.3 Å². The topological polar surface area (TPSA) is 90.2 Å². The normalized spacial score (nSPS) is 11.1. The van der Waals surface area contributed by atoms with Gasteiger partial charge in [0.25, 0.3) is 0 Å². The Balaban J connectivity index is 1.18. The van der Waals surface area contributed by atoms with E-state index in [4.69, 9.17) is 15.0 Å². The lowest BCUT2D eigenvalue weighted by molar-refractivity contribution is 1.07. The third-order valence-electron chi connectivity index (χ3n) is 10.3. The molecule has 0 N–H and O–H groups in total. The zero-order valence-corrected chi connectivity index (χ0v) is 31.2. The van der Waals surface area contributed by atoms with Crippen LogP contribution in [0.5, 0.6) is 0 Å². The lowest BCUT2D eigenvalue weighted by Crippen LogP contribution is -2.01. The van der Waals surface area contributed by atoms with E-state index in [0.29, 0.717) is 17.5 Å². The average Bonchev–Trinajstić information content (AvgIpc) is 3.32. The van der Waals surface area contributed by atoms with Crippen molar-refractivity contribution in [1.82, 2.24) is 34.9 Å². The molecule has 58 heavy (non-hydrogen) atoms. The Bertz CT molecular complexity index is 2760. The molecule has 10 aromatic rings. The quantitative estimate of drug-likeness (QED) is 0.153. The van der Waals surface area contributed by atoms with Gasteiger partial charge in [-0.05, 0) is 151 Å². The Morgan fingerprint density at radius 1 is 0.241 bits per heavy atom. The zero-order valence-electron chi connectivity index (χ0n) is 31.2. The Kier molecular flexibility index (Phi) is 9.06. The monoisotopic (exact) mass is 743 g/mol. The van der Waals surface area contributed by atoms with Crippen LogP contribution in [0.25, 0.3) is 101 Å². The number of benzene rings is 5. The van der Waals surface area contributed by atoms with Gasteiger partial charge in [-0.3, -0.25) is 19.9 Å². The van der Waals surface area contributed by atoms with Gasteiger partial charge in [0.2, 0.25) is 0 Å². The van der Waals surface area contributed by atoms with Gasteiger partial charge < -0.3 is 0 Å². The van der Waals surface area contributed by atoms with E-state index in [1.54, 1.807) is 0 Å². The Labute approximate surface area is 335 Å². The van der Waals surface area contributed by atoms with Crippen LogP contribution in [0.4, 0.5) is 0 Å². The summed E-state index contributed by atoms with van der Waals surface area (Å²) in [6.07, 6.45) is 14.5. The lowest BCUT2D eigenvalue weighted by atomic mass is 9.96. The molecule has 0 saturated carbocycles. The van der Waals surface area contributed by atoms with Gasteiger partial charge in [-0.25, -0.2) is 15.0 Å². The fraction of sp³-hybridized carbons (Fsp3) is 0. The van der Waals surface area contributed by atoms with E-state index in [0.717, 1.165) is 66.8 Å². The standard InChI is InChI=1S/C51H33N7/c1-2-6-47-38(4-1)5-3-7-48(47)39-8-10-40(11-9-39)49-56-50(45-30-41(34-12-20-52-21-13-34)28-42(31-45)35-14-22-53-23-15-35)58-51(57-49)46-32-43(36-16-24-54-25-17-36)29-44(33-46)37-18-26-55-27-19-37/h1-33H. The summed E-state index contributed by atoms with van der Waals surface area (Å²) in [6, 6.07) is 52.5. The molecule has 10 rings (SSSR count). The summed E-state index contributed by atoms with van der Waals surface area (Å²) in [5.41, 5.74) is 13.1. The number of rotatable bonds is 8. The van der Waals surface area contributed by atoms with E-state index in [2.05, 4.69) is 123 Å². The third kappa shape index (κ3) is 7.00. The highest BCUT2D eigenvalue weighted by atomic mass is 15.0. The van der Waals surface area contributed by atoms with Gasteiger partial charge in [0.15, 0.2) is 17.5 Å². The Morgan fingerprint density at radius 3 is 1.02 bits per heavy atom. The first-order valence-corrected chi connectivity index (χ1v) is 19.0. The first kappa shape index (κ1) is 34.5. The number of nitrogens with zero attached hydrogens (tertiary/aromatic N) is 7. The van der Waals surface area contributed by atoms with Crippen LogP contribution in [0.15, 0.2) is 201 Å². The molecule has 0 saturated heterocycles. The molecule has 0 fully saturated rings. The number of fused-ring (bicyclic) bond motifs is 1. The molecule has 5 aromatic carbocycles. The van der Waals surface area contributed by atoms with Crippen molar-refractivity contribution >= 4 is 10.8 Å². The maximum absolute atomic E-state index is 5.27. The predicted octanol–water partition coefficient (Wildman–Crippen LogP) is 11.9. The van der Waals surface area contributed by atoms with Crippen LogP contribution in [0, 0.1) is 0 Å². The van der Waals surface area contributed by atoms with E-state index in [1.807, 2.05) is 98.1 Å². The van der Waals surface area contributed by atoms with Crippen LogP contribution in [-0.4, -0.2) is 34.9 Å². The molecule has 272 valence electrons. The van der Waals surface area contributed by atoms with Gasteiger partial charge in [-0.15, -0.1) is 0 Å². The minimum atomic E-state index is 0.559. The second kappa shape index (κ2) is 15.2. The van der Waals surface area contributed by atoms with Gasteiger partial charge in [0.05, 0.1) is 0 Å². The van der Waals surface area contributed by atoms with Crippen molar-refractivity contribution in [3.63, 3.8) is 0 Å². The van der Waals surface area contributed by atoms with Gasteiger partial charge in [-0.2, -0.15) is 0 Å². The van der Waals surface area contributed by atoms with Crippen molar-refractivity contribution in [2.24, 2.45) is 0 Å². The van der Waals surface area contributed by atoms with E-state index >= 15 is 0 Å². The molecule has 0 bridgehead atoms. The van der Waals surface area contributed by atoms with Crippen molar-refractivity contribution in [2.75, 3.05) is 0 Å². The number of pyridine rings is 4. The van der Waals surface area contributed by atoms with Gasteiger partial charge in [0, 0.05) is 66.3 Å². The molecule has 0 aliphatic carbocycles. The minimum Gasteiger partial charge on any atom is -0.265 e. The molecule has 0 atom stereocenters. The molecule has 7 nitrogen and oxygen atoms in total. The fourth-order valence-corrected chi connectivity index (χ4v) is 7.40. The highest BCUT2D eigenvalue weighted by Crippen LogP contribution is 2.36. The molecule has 0 radical (unpaired) electrons. The Hall–Kier alpha value is -8.03. The van der Waals surface area contributed by atoms with Gasteiger partial charge in [-0.1, -0.05) is 66.7 Å². The lowest BCUT2D eigenvalue weighted by Gasteiger charge is -2.14. The zero-order chi connectivity index (χ0) is 38.7. The molecular weight excluding hydrogens is 711 g/mol. The summed E-state index contributed by atoms with van der Waals surface area (Å²) >= 11 is 0. The molecule has 5 aromatic heterocycles. The molecule has 0 unspecified atom stereocenters. The van der Waals surface area contributed by atoms with Crippen molar-refractivity contribution in [3.05, 3.63) is 201 Å². The first-order valence-electron chi connectivity index (χ1n) is 19.0. The summed E-state index contributed by atoms with van der Waals surface area (Å²) in [4.78, 5) is 32.8. The molecule has 0 aliphatic rings. The number of hydrogen-bond donors (Lipinski definition) is 0. The maximum Gasteiger partial charge on any atom is 0.164 e. The Morgan fingerprint density at radius 2 is 0.586 bits per heavy atom. The van der Waals surface area contributed by atoms with E-state index in [-0.39, 0.29) is 0 Å². The highest BCUT2D eigenvalue weighted by Gasteiger charge is 2.17. The summed E-state index contributed by atoms with van der Waals surface area (Å²) < 4.78 is 0. The van der Waals surface area contributed by atoms with Crippen LogP contribution in [0.2, 0.25) is 0 Å². The number of hydrogen-bond acceptors (Lipinski definition) is 7. The van der Waals surface area contributed by atoms with Crippen molar-refractivity contribution in [1.29, 1.82) is 0 Å². The summed E-state index contributed by atoms with van der Waals surface area (Å²) in [5, 5.41) is 2.41. The molecular formula is C51H33N7. The van der Waals surface area contributed by atoms with Crippen molar-refractivity contribution in [2.45, 2.75) is 0 Å². The first-order chi connectivity index (χ1) is 28.7. The van der Waals surface area contributed by atoms with Crippen LogP contribution < -0.4 is 0 Å². The molecule has 0 spiro atoms.